The first-order chi connectivity index (χ1) is 14.2. The van der Waals surface area contributed by atoms with Crippen molar-refractivity contribution in [3.8, 4) is 23.0 Å². The fraction of sp³-hybridized carbons (Fsp3) is 0.190. The molecule has 1 N–H and O–H groups in total. The Hall–Kier alpha value is -3.39. The molecule has 0 bridgehead atoms. The molecule has 29 heavy (non-hydrogen) atoms. The van der Waals surface area contributed by atoms with Crippen molar-refractivity contribution in [2.75, 3.05) is 18.5 Å². The summed E-state index contributed by atoms with van der Waals surface area (Å²) in [5, 5.41) is 3.38. The normalized spacial score (nSPS) is 12.9. The van der Waals surface area contributed by atoms with E-state index < -0.39 is 0 Å². The highest BCUT2D eigenvalue weighted by Crippen LogP contribution is 2.37. The van der Waals surface area contributed by atoms with Gasteiger partial charge >= 0.3 is 0 Å². The number of nitrogens with zero attached hydrogens (tertiary/aromatic N) is 2. The predicted molar refractivity (Wildman–Crippen MR) is 110 cm³/mol. The first-order valence-corrected chi connectivity index (χ1v) is 9.99. The Bertz CT molecular complexity index is 1160. The summed E-state index contributed by atoms with van der Waals surface area (Å²) in [7, 11) is 0. The summed E-state index contributed by atoms with van der Waals surface area (Å²) in [4.78, 5) is 21.5. The van der Waals surface area contributed by atoms with E-state index in [9.17, 15) is 4.79 Å². The standard InChI is InChI=1S/C21H17N3O4S/c1-12-14(22-20(28-12)13-5-3-2-4-6-13)10-19(25)24-21-23-15-9-16-17(11-18(15)29-21)27-8-7-26-16/h2-6,9,11H,7-8,10H2,1H3,(H,23,24,25). The Morgan fingerprint density at radius 1 is 1.10 bits per heavy atom. The molecule has 0 atom stereocenters. The van der Waals surface area contributed by atoms with Crippen LogP contribution in [0.1, 0.15) is 11.5 Å². The van der Waals surface area contributed by atoms with Crippen LogP contribution in [0.2, 0.25) is 0 Å². The highest BCUT2D eigenvalue weighted by Gasteiger charge is 2.18. The molecule has 8 heteroatoms. The number of aryl methyl sites for hydroxylation is 1. The van der Waals surface area contributed by atoms with Gasteiger partial charge in [-0.15, -0.1) is 0 Å². The number of hydrogen-bond acceptors (Lipinski definition) is 7. The van der Waals surface area contributed by atoms with E-state index in [0.29, 0.717) is 47.2 Å². The molecule has 0 aliphatic carbocycles. The maximum Gasteiger partial charge on any atom is 0.232 e. The molecule has 2 aromatic heterocycles. The fourth-order valence-corrected chi connectivity index (χ4v) is 4.02. The number of hydrogen-bond donors (Lipinski definition) is 1. The number of fused-ring (bicyclic) bond motifs is 2. The van der Waals surface area contributed by atoms with Gasteiger partial charge in [0.2, 0.25) is 11.8 Å². The van der Waals surface area contributed by atoms with E-state index in [0.717, 1.165) is 15.8 Å². The SMILES string of the molecule is Cc1oc(-c2ccccc2)nc1CC(=O)Nc1nc2cc3c(cc2s1)OCCO3. The van der Waals surface area contributed by atoms with Crippen LogP contribution in [0.3, 0.4) is 0 Å². The Morgan fingerprint density at radius 2 is 1.86 bits per heavy atom. The topological polar surface area (TPSA) is 86.5 Å². The number of carbonyl (C=O) groups is 1. The molecule has 3 heterocycles. The minimum atomic E-state index is -0.197. The van der Waals surface area contributed by atoms with Gasteiger partial charge in [-0.3, -0.25) is 4.79 Å². The van der Waals surface area contributed by atoms with Crippen LogP contribution in [0.4, 0.5) is 5.13 Å². The van der Waals surface area contributed by atoms with E-state index in [1.165, 1.54) is 11.3 Å². The smallest absolute Gasteiger partial charge is 0.232 e. The van der Waals surface area contributed by atoms with Crippen LogP contribution in [0.15, 0.2) is 46.9 Å². The summed E-state index contributed by atoms with van der Waals surface area (Å²) < 4.78 is 17.8. The Morgan fingerprint density at radius 3 is 2.66 bits per heavy atom. The summed E-state index contributed by atoms with van der Waals surface area (Å²) in [5.41, 5.74) is 2.25. The van der Waals surface area contributed by atoms with Gasteiger partial charge in [0.25, 0.3) is 0 Å². The summed E-state index contributed by atoms with van der Waals surface area (Å²) in [6.45, 7) is 2.86. The summed E-state index contributed by atoms with van der Waals surface area (Å²) >= 11 is 1.39. The lowest BCUT2D eigenvalue weighted by Gasteiger charge is -2.17. The van der Waals surface area contributed by atoms with Crippen molar-refractivity contribution in [3.05, 3.63) is 53.9 Å². The van der Waals surface area contributed by atoms with Gasteiger partial charge in [-0.2, -0.15) is 0 Å². The molecule has 4 aromatic rings. The van der Waals surface area contributed by atoms with Gasteiger partial charge in [-0.05, 0) is 19.1 Å². The average Bonchev–Trinajstić information content (AvgIpc) is 3.29. The quantitative estimate of drug-likeness (QED) is 0.545. The number of benzene rings is 2. The predicted octanol–water partition coefficient (Wildman–Crippen LogP) is 4.21. The van der Waals surface area contributed by atoms with Gasteiger partial charge in [0, 0.05) is 17.7 Å². The average molecular weight is 407 g/mol. The summed E-state index contributed by atoms with van der Waals surface area (Å²) in [6.07, 6.45) is 0.112. The number of ether oxygens (including phenoxy) is 2. The number of thiazole rings is 1. The molecule has 0 unspecified atom stereocenters. The van der Waals surface area contributed by atoms with E-state index in [1.54, 1.807) is 0 Å². The molecule has 7 nitrogen and oxygen atoms in total. The number of anilines is 1. The van der Waals surface area contributed by atoms with Gasteiger partial charge in [-0.25, -0.2) is 9.97 Å². The minimum absolute atomic E-state index is 0.112. The third-order valence-corrected chi connectivity index (χ3v) is 5.47. The van der Waals surface area contributed by atoms with E-state index in [2.05, 4.69) is 15.3 Å². The third-order valence-electron chi connectivity index (χ3n) is 4.54. The molecular weight excluding hydrogens is 390 g/mol. The van der Waals surface area contributed by atoms with Crippen LogP contribution in [0, 0.1) is 6.92 Å². The molecule has 1 aliphatic rings. The Balaban J connectivity index is 1.33. The van der Waals surface area contributed by atoms with Crippen LogP contribution in [-0.4, -0.2) is 29.1 Å². The van der Waals surface area contributed by atoms with Crippen LogP contribution in [-0.2, 0) is 11.2 Å². The largest absolute Gasteiger partial charge is 0.486 e. The molecule has 0 spiro atoms. The number of oxazole rings is 1. The maximum atomic E-state index is 12.5. The summed E-state index contributed by atoms with van der Waals surface area (Å²) in [5.74, 6) is 2.33. The number of rotatable bonds is 4. The molecule has 0 saturated heterocycles. The summed E-state index contributed by atoms with van der Waals surface area (Å²) in [6, 6.07) is 13.3. The minimum Gasteiger partial charge on any atom is -0.486 e. The second-order valence-electron chi connectivity index (χ2n) is 6.60. The molecule has 2 aromatic carbocycles. The van der Waals surface area contributed by atoms with E-state index in [-0.39, 0.29) is 12.3 Å². The highest BCUT2D eigenvalue weighted by atomic mass is 32.1. The van der Waals surface area contributed by atoms with Gasteiger partial charge in [0.1, 0.15) is 19.0 Å². The van der Waals surface area contributed by atoms with E-state index >= 15 is 0 Å². The molecule has 146 valence electrons. The number of aromatic nitrogens is 2. The zero-order chi connectivity index (χ0) is 19.8. The molecule has 1 amide bonds. The van der Waals surface area contributed by atoms with Crippen molar-refractivity contribution in [3.63, 3.8) is 0 Å². The highest BCUT2D eigenvalue weighted by molar-refractivity contribution is 7.22. The Kier molecular flexibility index (Phi) is 4.40. The zero-order valence-electron chi connectivity index (χ0n) is 15.6. The lowest BCUT2D eigenvalue weighted by Crippen LogP contribution is -2.15. The van der Waals surface area contributed by atoms with Gasteiger partial charge in [-0.1, -0.05) is 29.5 Å². The van der Waals surface area contributed by atoms with E-state index in [4.69, 9.17) is 13.9 Å². The first-order valence-electron chi connectivity index (χ1n) is 9.17. The fourth-order valence-electron chi connectivity index (χ4n) is 3.13. The maximum absolute atomic E-state index is 12.5. The lowest BCUT2D eigenvalue weighted by atomic mass is 10.2. The van der Waals surface area contributed by atoms with Gasteiger partial charge in [0.05, 0.1) is 22.3 Å². The second-order valence-corrected chi connectivity index (χ2v) is 7.63. The first kappa shape index (κ1) is 17.7. The molecule has 0 radical (unpaired) electrons. The van der Waals surface area contributed by atoms with Crippen molar-refractivity contribution in [1.29, 1.82) is 0 Å². The lowest BCUT2D eigenvalue weighted by molar-refractivity contribution is -0.115. The van der Waals surface area contributed by atoms with Crippen molar-refractivity contribution < 1.29 is 18.7 Å². The molecule has 1 aliphatic heterocycles. The molecule has 0 fully saturated rings. The zero-order valence-corrected chi connectivity index (χ0v) is 16.4. The third kappa shape index (κ3) is 3.54. The molecule has 5 rings (SSSR count). The van der Waals surface area contributed by atoms with Crippen LogP contribution < -0.4 is 14.8 Å². The number of amides is 1. The van der Waals surface area contributed by atoms with E-state index in [1.807, 2.05) is 49.4 Å². The molecular formula is C21H17N3O4S. The number of carbonyl (C=O) groups excluding carboxylic acids is 1. The van der Waals surface area contributed by atoms with Gasteiger partial charge < -0.3 is 19.2 Å². The Labute approximate surface area is 170 Å². The van der Waals surface area contributed by atoms with Crippen LogP contribution in [0.25, 0.3) is 21.7 Å². The van der Waals surface area contributed by atoms with Gasteiger partial charge in [0.15, 0.2) is 16.6 Å². The van der Waals surface area contributed by atoms with Crippen molar-refractivity contribution in [1.82, 2.24) is 9.97 Å². The van der Waals surface area contributed by atoms with Crippen LogP contribution >= 0.6 is 11.3 Å². The monoisotopic (exact) mass is 407 g/mol. The van der Waals surface area contributed by atoms with Crippen molar-refractivity contribution >= 4 is 32.6 Å². The second kappa shape index (κ2) is 7.21. The van der Waals surface area contributed by atoms with Crippen molar-refractivity contribution in [2.24, 2.45) is 0 Å². The van der Waals surface area contributed by atoms with Crippen LogP contribution in [0.5, 0.6) is 11.5 Å². The molecule has 0 saturated carbocycles. The van der Waals surface area contributed by atoms with Crippen molar-refractivity contribution in [2.45, 2.75) is 13.3 Å². The number of nitrogens with one attached hydrogen (secondary N) is 1.